The number of nitrogens with one attached hydrogen (secondary N) is 1. The lowest BCUT2D eigenvalue weighted by Crippen LogP contribution is -2.61. The summed E-state index contributed by atoms with van der Waals surface area (Å²) < 4.78 is 23.2. The van der Waals surface area contributed by atoms with Crippen LogP contribution in [0.2, 0.25) is 5.02 Å². The second kappa shape index (κ2) is 10.9. The third-order valence-corrected chi connectivity index (χ3v) is 8.56. The van der Waals surface area contributed by atoms with E-state index in [1.807, 2.05) is 58.1 Å². The minimum atomic E-state index is -0.660. The SMILES string of the molecule is COc1cc2cc(c1Cl)N(C)C(=O)CC[C@]1(C)O[C@H]1[C@H](C)[C@@H]1C[C@@](C)(NC(=O)O1)[C@H](OC)/C=C/C=C(\C)C2. The predicted octanol–water partition coefficient (Wildman–Crippen LogP) is 5.22. The minimum Gasteiger partial charge on any atom is -0.495 e. The molecule has 208 valence electrons. The molecular formula is C29H39ClN2O6. The Kier molecular flexibility index (Phi) is 8.17. The van der Waals surface area contributed by atoms with E-state index in [0.29, 0.717) is 35.7 Å². The molecule has 0 radical (unpaired) electrons. The molecule has 2 amide bonds. The molecule has 2 saturated heterocycles. The molecule has 0 aromatic heterocycles. The van der Waals surface area contributed by atoms with E-state index in [9.17, 15) is 9.59 Å². The van der Waals surface area contributed by atoms with Crippen molar-refractivity contribution in [1.82, 2.24) is 5.32 Å². The van der Waals surface area contributed by atoms with Crippen molar-refractivity contribution in [2.45, 2.75) is 82.8 Å². The summed E-state index contributed by atoms with van der Waals surface area (Å²) in [5, 5.41) is 3.38. The zero-order valence-electron chi connectivity index (χ0n) is 23.3. The Morgan fingerprint density at radius 3 is 2.63 bits per heavy atom. The van der Waals surface area contributed by atoms with Crippen molar-refractivity contribution in [3.8, 4) is 5.75 Å². The lowest BCUT2D eigenvalue weighted by Gasteiger charge is -2.43. The third-order valence-electron chi connectivity index (χ3n) is 8.18. The van der Waals surface area contributed by atoms with Crippen molar-refractivity contribution < 1.29 is 28.5 Å². The number of hydrogen-bond acceptors (Lipinski definition) is 6. The van der Waals surface area contributed by atoms with Gasteiger partial charge < -0.3 is 29.2 Å². The van der Waals surface area contributed by atoms with Crippen LogP contribution in [0.3, 0.4) is 0 Å². The molecular weight excluding hydrogens is 508 g/mol. The number of halogens is 1. The number of anilines is 1. The first-order valence-corrected chi connectivity index (χ1v) is 13.4. The molecule has 0 aliphatic carbocycles. The van der Waals surface area contributed by atoms with Gasteiger partial charge >= 0.3 is 6.09 Å². The fourth-order valence-corrected chi connectivity index (χ4v) is 6.06. The Hall–Kier alpha value is -2.55. The molecule has 3 heterocycles. The molecule has 1 aromatic rings. The molecule has 1 aromatic carbocycles. The molecule has 4 rings (SSSR count). The van der Waals surface area contributed by atoms with Gasteiger partial charge in [0.2, 0.25) is 5.91 Å². The van der Waals surface area contributed by atoms with Crippen LogP contribution in [0.15, 0.2) is 35.9 Å². The van der Waals surface area contributed by atoms with Gasteiger partial charge in [-0.15, -0.1) is 0 Å². The average molecular weight is 547 g/mol. The van der Waals surface area contributed by atoms with E-state index >= 15 is 0 Å². The van der Waals surface area contributed by atoms with E-state index in [4.69, 9.17) is 30.5 Å². The van der Waals surface area contributed by atoms with Crippen LogP contribution in [0.1, 0.15) is 52.5 Å². The molecule has 2 fully saturated rings. The average Bonchev–Trinajstić information content (AvgIpc) is 3.55. The summed E-state index contributed by atoms with van der Waals surface area (Å²) in [5.41, 5.74) is 1.54. The number of ether oxygens (including phenoxy) is 4. The number of carbonyl (C=O) groups excluding carboxylic acids is 2. The number of fused-ring (bicyclic) bond motifs is 5. The van der Waals surface area contributed by atoms with Gasteiger partial charge in [0, 0.05) is 32.9 Å². The molecule has 38 heavy (non-hydrogen) atoms. The summed E-state index contributed by atoms with van der Waals surface area (Å²) in [6.45, 7) is 8.07. The topological polar surface area (TPSA) is 89.6 Å². The summed E-state index contributed by atoms with van der Waals surface area (Å²) in [4.78, 5) is 27.5. The maximum atomic E-state index is 13.2. The number of epoxide rings is 1. The maximum Gasteiger partial charge on any atom is 0.407 e. The summed E-state index contributed by atoms with van der Waals surface area (Å²) >= 11 is 6.63. The number of nitrogens with zero attached hydrogens (tertiary/aromatic N) is 1. The number of amides is 2. The fraction of sp³-hybridized carbons (Fsp3) is 0.586. The van der Waals surface area contributed by atoms with E-state index in [1.165, 1.54) is 0 Å². The van der Waals surface area contributed by atoms with Gasteiger partial charge in [0.1, 0.15) is 16.9 Å². The minimum absolute atomic E-state index is 0.0562. The molecule has 9 heteroatoms. The quantitative estimate of drug-likeness (QED) is 0.512. The second-order valence-corrected chi connectivity index (χ2v) is 11.6. The summed E-state index contributed by atoms with van der Waals surface area (Å²) in [5.74, 6) is 0.403. The van der Waals surface area contributed by atoms with Crippen LogP contribution in [0.25, 0.3) is 0 Å². The van der Waals surface area contributed by atoms with Gasteiger partial charge in [0.25, 0.3) is 0 Å². The Labute approximate surface area is 230 Å². The highest BCUT2D eigenvalue weighted by Crippen LogP contribution is 2.48. The van der Waals surface area contributed by atoms with Crippen LogP contribution < -0.4 is 15.0 Å². The first-order chi connectivity index (χ1) is 17.9. The highest BCUT2D eigenvalue weighted by atomic mass is 35.5. The molecule has 0 saturated carbocycles. The van der Waals surface area contributed by atoms with Gasteiger partial charge in [0.05, 0.1) is 36.1 Å². The van der Waals surface area contributed by atoms with Crippen molar-refractivity contribution >= 4 is 29.3 Å². The lowest BCUT2D eigenvalue weighted by molar-refractivity contribution is -0.118. The highest BCUT2D eigenvalue weighted by molar-refractivity contribution is 6.35. The van der Waals surface area contributed by atoms with E-state index in [1.54, 1.807) is 26.2 Å². The first kappa shape index (κ1) is 28.5. The number of allylic oxidation sites excluding steroid dienone is 3. The molecule has 8 nitrogen and oxygen atoms in total. The van der Waals surface area contributed by atoms with Crippen molar-refractivity contribution in [2.75, 3.05) is 26.2 Å². The standard InChI is InChI=1S/C29H39ClN2O6/c1-17-9-8-10-23(36-7)28(3)16-22(37-27(34)31-28)18(2)26-29(4,38-26)12-11-24(33)32(5)20-14-19(13-17)15-21(35-6)25(20)30/h8-10,14-15,18,22-23,26H,11-13,16H2,1-7H3,(H,31,34)/b10-8+,17-9+/t18-,22+,23-,26+,28-,29+/m1/s1. The molecule has 4 bridgehead atoms. The van der Waals surface area contributed by atoms with E-state index < -0.39 is 17.2 Å². The fourth-order valence-electron chi connectivity index (χ4n) is 5.75. The number of methoxy groups -OCH3 is 2. The smallest absolute Gasteiger partial charge is 0.407 e. The zero-order chi connectivity index (χ0) is 27.8. The molecule has 3 aliphatic rings. The Morgan fingerprint density at radius 1 is 1.21 bits per heavy atom. The monoisotopic (exact) mass is 546 g/mol. The van der Waals surface area contributed by atoms with E-state index in [2.05, 4.69) is 5.32 Å². The Morgan fingerprint density at radius 2 is 1.95 bits per heavy atom. The van der Waals surface area contributed by atoms with E-state index in [-0.39, 0.29) is 36.6 Å². The normalized spacial score (nSPS) is 36.3. The van der Waals surface area contributed by atoms with Crippen molar-refractivity contribution in [2.24, 2.45) is 5.92 Å². The van der Waals surface area contributed by atoms with Gasteiger partial charge in [-0.2, -0.15) is 0 Å². The van der Waals surface area contributed by atoms with Crippen LogP contribution in [0, 0.1) is 5.92 Å². The molecule has 0 spiro atoms. The molecule has 3 aliphatic heterocycles. The van der Waals surface area contributed by atoms with Gasteiger partial charge in [0.15, 0.2) is 0 Å². The zero-order valence-corrected chi connectivity index (χ0v) is 24.1. The van der Waals surface area contributed by atoms with E-state index in [0.717, 1.165) is 11.1 Å². The van der Waals surface area contributed by atoms with Crippen LogP contribution in [-0.2, 0) is 25.4 Å². The van der Waals surface area contributed by atoms with Crippen molar-refractivity contribution in [3.63, 3.8) is 0 Å². The number of alkyl carbamates (subject to hydrolysis) is 1. The lowest BCUT2D eigenvalue weighted by atomic mass is 9.80. The summed E-state index contributed by atoms with van der Waals surface area (Å²) in [6.07, 6.45) is 6.66. The number of rotatable bonds is 2. The van der Waals surface area contributed by atoms with Crippen LogP contribution >= 0.6 is 11.6 Å². The van der Waals surface area contributed by atoms with Crippen molar-refractivity contribution in [3.05, 3.63) is 46.5 Å². The van der Waals surface area contributed by atoms with Gasteiger partial charge in [-0.1, -0.05) is 42.3 Å². The largest absolute Gasteiger partial charge is 0.495 e. The highest BCUT2D eigenvalue weighted by Gasteiger charge is 2.58. The van der Waals surface area contributed by atoms with Gasteiger partial charge in [-0.05, 0) is 51.3 Å². The number of hydrogen-bond donors (Lipinski definition) is 1. The van der Waals surface area contributed by atoms with Crippen molar-refractivity contribution in [1.29, 1.82) is 0 Å². The summed E-state index contributed by atoms with van der Waals surface area (Å²) in [6, 6.07) is 3.84. The summed E-state index contributed by atoms with van der Waals surface area (Å²) in [7, 11) is 4.94. The predicted molar refractivity (Wildman–Crippen MR) is 147 cm³/mol. The third kappa shape index (κ3) is 5.72. The van der Waals surface area contributed by atoms with Crippen LogP contribution in [0.4, 0.5) is 10.5 Å². The maximum absolute atomic E-state index is 13.2. The Balaban J connectivity index is 1.71. The number of carbonyl (C=O) groups is 2. The molecule has 6 atom stereocenters. The first-order valence-electron chi connectivity index (χ1n) is 13.1. The molecule has 0 unspecified atom stereocenters. The van der Waals surface area contributed by atoms with Gasteiger partial charge in [-0.3, -0.25) is 4.79 Å². The number of benzene rings is 1. The molecule has 1 N–H and O–H groups in total. The van der Waals surface area contributed by atoms with Crippen LogP contribution in [0.5, 0.6) is 5.75 Å². The van der Waals surface area contributed by atoms with Crippen LogP contribution in [-0.4, -0.2) is 62.7 Å². The Bertz CT molecular complexity index is 1150. The van der Waals surface area contributed by atoms with Gasteiger partial charge in [-0.25, -0.2) is 4.79 Å². The second-order valence-electron chi connectivity index (χ2n) is 11.2.